The first-order valence-electron chi connectivity index (χ1n) is 7.32. The summed E-state index contributed by atoms with van der Waals surface area (Å²) < 4.78 is 0.558. The summed E-state index contributed by atoms with van der Waals surface area (Å²) in [6, 6.07) is 5.57. The number of Topliss-reactive ketones (excluding diaryl/α,β-unsaturated/α-hetero) is 1. The van der Waals surface area contributed by atoms with E-state index in [0.29, 0.717) is 11.2 Å². The molecule has 22 heavy (non-hydrogen) atoms. The molecule has 6 heteroatoms. The standard InChI is InChI=1S/C16H19N3O2S/c1-8(20)10-7-11(16(10,2)3)14(21)17-9-4-5-12-13(6-9)19-15(22)18-12/h4-6,10-11H,7H2,1-3H3,(H,17,21)(H2,18,19,22)/t10-,11+/m0/s1. The van der Waals surface area contributed by atoms with Crippen molar-refractivity contribution in [1.82, 2.24) is 9.97 Å². The van der Waals surface area contributed by atoms with Crippen LogP contribution in [0.2, 0.25) is 0 Å². The van der Waals surface area contributed by atoms with Crippen molar-refractivity contribution in [1.29, 1.82) is 0 Å². The van der Waals surface area contributed by atoms with Gasteiger partial charge in [0.05, 0.1) is 11.0 Å². The summed E-state index contributed by atoms with van der Waals surface area (Å²) in [5.74, 6) is -0.0281. The number of anilines is 1. The van der Waals surface area contributed by atoms with E-state index in [9.17, 15) is 9.59 Å². The second-order valence-corrected chi connectivity index (χ2v) is 7.01. The third-order valence-electron chi connectivity index (χ3n) is 4.86. The first-order valence-corrected chi connectivity index (χ1v) is 7.73. The lowest BCUT2D eigenvalue weighted by Gasteiger charge is -2.49. The molecule has 0 bridgehead atoms. The summed E-state index contributed by atoms with van der Waals surface area (Å²) in [5.41, 5.74) is 2.21. The monoisotopic (exact) mass is 317 g/mol. The molecule has 1 aliphatic carbocycles. The van der Waals surface area contributed by atoms with Gasteiger partial charge in [-0.25, -0.2) is 0 Å². The first kappa shape index (κ1) is 15.0. The van der Waals surface area contributed by atoms with Crippen molar-refractivity contribution in [3.05, 3.63) is 23.0 Å². The zero-order chi connectivity index (χ0) is 16.1. The third kappa shape index (κ3) is 2.37. The number of nitrogens with one attached hydrogen (secondary N) is 3. The summed E-state index contributed by atoms with van der Waals surface area (Å²) in [7, 11) is 0. The summed E-state index contributed by atoms with van der Waals surface area (Å²) in [6.45, 7) is 5.57. The average Bonchev–Trinajstić information content (AvgIpc) is 2.76. The van der Waals surface area contributed by atoms with E-state index in [2.05, 4.69) is 15.3 Å². The van der Waals surface area contributed by atoms with Crippen LogP contribution in [-0.4, -0.2) is 21.7 Å². The van der Waals surface area contributed by atoms with Crippen molar-refractivity contribution < 1.29 is 9.59 Å². The quantitative estimate of drug-likeness (QED) is 0.759. The minimum atomic E-state index is -0.284. The highest BCUT2D eigenvalue weighted by molar-refractivity contribution is 7.71. The van der Waals surface area contributed by atoms with E-state index < -0.39 is 0 Å². The van der Waals surface area contributed by atoms with Crippen molar-refractivity contribution in [3.63, 3.8) is 0 Å². The van der Waals surface area contributed by atoms with E-state index in [-0.39, 0.29) is 28.9 Å². The third-order valence-corrected chi connectivity index (χ3v) is 5.06. The van der Waals surface area contributed by atoms with Gasteiger partial charge in [0, 0.05) is 17.5 Å². The van der Waals surface area contributed by atoms with Crippen LogP contribution in [0.25, 0.3) is 11.0 Å². The molecule has 0 aliphatic heterocycles. The topological polar surface area (TPSA) is 77.8 Å². The summed E-state index contributed by atoms with van der Waals surface area (Å²) in [5, 5.41) is 2.94. The molecule has 3 rings (SSSR count). The second kappa shape index (κ2) is 5.05. The van der Waals surface area contributed by atoms with Crippen LogP contribution in [0.5, 0.6) is 0 Å². The lowest BCUT2D eigenvalue weighted by molar-refractivity contribution is -0.145. The van der Waals surface area contributed by atoms with Gasteiger partial charge in [-0.2, -0.15) is 0 Å². The fourth-order valence-electron chi connectivity index (χ4n) is 3.40. The normalized spacial score (nSPS) is 23.0. The van der Waals surface area contributed by atoms with Gasteiger partial charge in [0.15, 0.2) is 4.77 Å². The number of imidazole rings is 1. The van der Waals surface area contributed by atoms with Crippen LogP contribution in [0.15, 0.2) is 18.2 Å². The Kier molecular flexibility index (Phi) is 3.44. The van der Waals surface area contributed by atoms with Crippen LogP contribution in [0.3, 0.4) is 0 Å². The molecule has 1 aliphatic rings. The van der Waals surface area contributed by atoms with Gasteiger partial charge in [0.25, 0.3) is 0 Å². The van der Waals surface area contributed by atoms with Crippen LogP contribution < -0.4 is 5.32 Å². The van der Waals surface area contributed by atoms with Crippen molar-refractivity contribution in [3.8, 4) is 0 Å². The predicted molar refractivity (Wildman–Crippen MR) is 88.2 cm³/mol. The Labute approximate surface area is 133 Å². The number of aromatic nitrogens is 2. The molecule has 2 atom stereocenters. The van der Waals surface area contributed by atoms with E-state index in [1.807, 2.05) is 32.0 Å². The van der Waals surface area contributed by atoms with E-state index in [0.717, 1.165) is 16.7 Å². The van der Waals surface area contributed by atoms with Crippen LogP contribution >= 0.6 is 12.2 Å². The second-order valence-electron chi connectivity index (χ2n) is 6.60. The highest BCUT2D eigenvalue weighted by Crippen LogP contribution is 2.52. The highest BCUT2D eigenvalue weighted by atomic mass is 32.1. The molecule has 0 unspecified atom stereocenters. The van der Waals surface area contributed by atoms with E-state index in [1.54, 1.807) is 6.92 Å². The number of hydrogen-bond donors (Lipinski definition) is 3. The number of carbonyl (C=O) groups is 2. The summed E-state index contributed by atoms with van der Waals surface area (Å²) >= 11 is 5.05. The maximum Gasteiger partial charge on any atom is 0.228 e. The Morgan fingerprint density at radius 1 is 1.23 bits per heavy atom. The Hall–Kier alpha value is -1.95. The number of hydrogen-bond acceptors (Lipinski definition) is 3. The van der Waals surface area contributed by atoms with E-state index in [4.69, 9.17) is 12.2 Å². The Morgan fingerprint density at radius 2 is 1.91 bits per heavy atom. The molecule has 3 N–H and O–H groups in total. The van der Waals surface area contributed by atoms with E-state index in [1.165, 1.54) is 0 Å². The maximum absolute atomic E-state index is 12.5. The molecule has 5 nitrogen and oxygen atoms in total. The fraction of sp³-hybridized carbons (Fsp3) is 0.438. The van der Waals surface area contributed by atoms with E-state index >= 15 is 0 Å². The Morgan fingerprint density at radius 3 is 2.55 bits per heavy atom. The van der Waals surface area contributed by atoms with Gasteiger partial charge in [-0.3, -0.25) is 9.59 Å². The molecule has 1 saturated carbocycles. The molecule has 0 spiro atoms. The number of amides is 1. The minimum Gasteiger partial charge on any atom is -0.331 e. The van der Waals surface area contributed by atoms with Crippen LogP contribution in [0.1, 0.15) is 27.2 Å². The van der Waals surface area contributed by atoms with Gasteiger partial charge in [-0.05, 0) is 49.2 Å². The number of ketones is 1. The SMILES string of the molecule is CC(=O)[C@@H]1C[C@H](C(=O)Nc2ccc3[nH]c(=S)[nH]c3c2)C1(C)C. The van der Waals surface area contributed by atoms with Crippen molar-refractivity contribution in [2.75, 3.05) is 5.32 Å². The predicted octanol–water partition coefficient (Wildman–Crippen LogP) is 3.42. The Balaban J connectivity index is 1.76. The molecule has 116 valence electrons. The molecular weight excluding hydrogens is 298 g/mol. The van der Waals surface area contributed by atoms with Gasteiger partial charge in [0.1, 0.15) is 5.78 Å². The van der Waals surface area contributed by atoms with Crippen molar-refractivity contribution >= 4 is 40.6 Å². The smallest absolute Gasteiger partial charge is 0.228 e. The molecule has 0 saturated heterocycles. The molecule has 1 amide bonds. The van der Waals surface area contributed by atoms with Gasteiger partial charge >= 0.3 is 0 Å². The lowest BCUT2D eigenvalue weighted by Crippen LogP contribution is -2.53. The molecule has 0 radical (unpaired) electrons. The molecule has 2 aromatic rings. The molecule has 1 aromatic carbocycles. The number of carbonyl (C=O) groups excluding carboxylic acids is 2. The summed E-state index contributed by atoms with van der Waals surface area (Å²) in [4.78, 5) is 30.1. The van der Waals surface area contributed by atoms with Gasteiger partial charge < -0.3 is 15.3 Å². The fourth-order valence-corrected chi connectivity index (χ4v) is 3.62. The van der Waals surface area contributed by atoms with Gasteiger partial charge in [-0.1, -0.05) is 13.8 Å². The molecular formula is C16H19N3O2S. The van der Waals surface area contributed by atoms with Crippen LogP contribution in [-0.2, 0) is 9.59 Å². The molecule has 1 aromatic heterocycles. The number of aromatic amines is 2. The van der Waals surface area contributed by atoms with Crippen LogP contribution in [0, 0.1) is 22.0 Å². The number of fused-ring (bicyclic) bond motifs is 1. The average molecular weight is 317 g/mol. The summed E-state index contributed by atoms with van der Waals surface area (Å²) in [6.07, 6.45) is 0.628. The zero-order valence-electron chi connectivity index (χ0n) is 12.8. The molecule has 1 heterocycles. The number of benzene rings is 1. The molecule has 1 fully saturated rings. The van der Waals surface area contributed by atoms with Crippen LogP contribution in [0.4, 0.5) is 5.69 Å². The first-order chi connectivity index (χ1) is 10.3. The van der Waals surface area contributed by atoms with Gasteiger partial charge in [-0.15, -0.1) is 0 Å². The van der Waals surface area contributed by atoms with Gasteiger partial charge in [0.2, 0.25) is 5.91 Å². The largest absolute Gasteiger partial charge is 0.331 e. The van der Waals surface area contributed by atoms with Crippen molar-refractivity contribution in [2.45, 2.75) is 27.2 Å². The number of rotatable bonds is 3. The maximum atomic E-state index is 12.5. The zero-order valence-corrected chi connectivity index (χ0v) is 13.6. The lowest BCUT2D eigenvalue weighted by atomic mass is 9.53. The highest BCUT2D eigenvalue weighted by Gasteiger charge is 2.53. The Bertz CT molecular complexity index is 818. The number of H-pyrrole nitrogens is 2. The minimum absolute atomic E-state index is 0.0217. The van der Waals surface area contributed by atoms with Crippen molar-refractivity contribution in [2.24, 2.45) is 17.3 Å².